The molecule has 4 rings (SSSR count). The van der Waals surface area contributed by atoms with E-state index in [1.807, 2.05) is 24.8 Å². The summed E-state index contributed by atoms with van der Waals surface area (Å²) < 4.78 is 26.5. The molecule has 0 amide bonds. The highest BCUT2D eigenvalue weighted by Crippen LogP contribution is 2.32. The van der Waals surface area contributed by atoms with E-state index in [1.54, 1.807) is 24.4 Å². The molecule has 0 bridgehead atoms. The lowest BCUT2D eigenvalue weighted by molar-refractivity contribution is 0.322. The average molecular weight is 472 g/mol. The number of H-pyrrole nitrogens is 2. The number of aromatic amines is 2. The van der Waals surface area contributed by atoms with Crippen LogP contribution in [0.4, 0.5) is 0 Å². The summed E-state index contributed by atoms with van der Waals surface area (Å²) in [7, 11) is -3.47. The molecular formula is C22H25N5O3S2. The largest absolute Gasteiger partial charge is 0.308 e. The van der Waals surface area contributed by atoms with E-state index in [4.69, 9.17) is 0 Å². The van der Waals surface area contributed by atoms with Crippen molar-refractivity contribution in [2.75, 3.05) is 13.1 Å². The van der Waals surface area contributed by atoms with E-state index in [2.05, 4.69) is 26.7 Å². The Balaban J connectivity index is 1.54. The number of aromatic nitrogens is 4. The van der Waals surface area contributed by atoms with E-state index in [-0.39, 0.29) is 10.5 Å². The van der Waals surface area contributed by atoms with Gasteiger partial charge in [-0.1, -0.05) is 24.8 Å². The number of hydrogen-bond acceptors (Lipinski definition) is 7. The molecule has 10 heteroatoms. The molecular weight excluding hydrogens is 446 g/mol. The van der Waals surface area contributed by atoms with Gasteiger partial charge in [-0.05, 0) is 39.0 Å². The molecule has 8 nitrogen and oxygen atoms in total. The van der Waals surface area contributed by atoms with E-state index in [0.717, 1.165) is 16.1 Å². The first-order valence-corrected chi connectivity index (χ1v) is 12.6. The average Bonchev–Trinajstić information content (AvgIpc) is 3.48. The zero-order valence-electron chi connectivity index (χ0n) is 18.0. The highest BCUT2D eigenvalue weighted by atomic mass is 32.2. The smallest absolute Gasteiger partial charge is 0.268 e. The molecule has 2 N–H and O–H groups in total. The van der Waals surface area contributed by atoms with Gasteiger partial charge in [0.15, 0.2) is 9.84 Å². The molecule has 0 saturated carbocycles. The topological polar surface area (TPSA) is 112 Å². The second-order valence-corrected chi connectivity index (χ2v) is 11.0. The summed E-state index contributed by atoms with van der Waals surface area (Å²) in [5.41, 5.74) is 2.33. The summed E-state index contributed by atoms with van der Waals surface area (Å²) in [6.45, 7) is 8.80. The molecule has 3 aromatic rings. The van der Waals surface area contributed by atoms with Crippen LogP contribution in [0.2, 0.25) is 0 Å². The molecule has 32 heavy (non-hydrogen) atoms. The van der Waals surface area contributed by atoms with E-state index in [1.165, 1.54) is 17.4 Å². The number of aryl methyl sites for hydroxylation is 1. The van der Waals surface area contributed by atoms with E-state index >= 15 is 0 Å². The van der Waals surface area contributed by atoms with Crippen molar-refractivity contribution >= 4 is 31.4 Å². The number of thiophene rings is 1. The third kappa shape index (κ3) is 4.25. The maximum absolute atomic E-state index is 13.0. The van der Waals surface area contributed by atoms with E-state index < -0.39 is 15.1 Å². The summed E-state index contributed by atoms with van der Waals surface area (Å²) in [5, 5.41) is 6.44. The summed E-state index contributed by atoms with van der Waals surface area (Å²) in [5.74, 6) is 0.530. The highest BCUT2D eigenvalue weighted by Gasteiger charge is 2.34. The zero-order chi connectivity index (χ0) is 22.9. The number of nitrogens with one attached hydrogen (secondary N) is 2. The molecule has 4 heterocycles. The molecule has 0 spiro atoms. The molecule has 0 aliphatic carbocycles. The molecule has 0 radical (unpaired) electrons. The van der Waals surface area contributed by atoms with Gasteiger partial charge in [-0.25, -0.2) is 13.4 Å². The number of nitrogens with zero attached hydrogens (tertiary/aromatic N) is 3. The fraction of sp³-hybridized carbons (Fsp3) is 0.318. The van der Waals surface area contributed by atoms with Crippen molar-refractivity contribution in [1.82, 2.24) is 25.1 Å². The van der Waals surface area contributed by atoms with Crippen LogP contribution in [-0.4, -0.2) is 51.8 Å². The van der Waals surface area contributed by atoms with Crippen molar-refractivity contribution < 1.29 is 8.42 Å². The molecule has 1 aliphatic heterocycles. The predicted octanol–water partition coefficient (Wildman–Crippen LogP) is 3.32. The molecule has 1 fully saturated rings. The van der Waals surface area contributed by atoms with Crippen LogP contribution < -0.4 is 5.56 Å². The van der Waals surface area contributed by atoms with Gasteiger partial charge < -0.3 is 4.98 Å². The Bertz CT molecular complexity index is 1380. The molecule has 1 aliphatic rings. The second-order valence-electron chi connectivity index (χ2n) is 7.74. The van der Waals surface area contributed by atoms with Gasteiger partial charge >= 0.3 is 0 Å². The van der Waals surface area contributed by atoms with Crippen LogP contribution >= 0.6 is 11.3 Å². The van der Waals surface area contributed by atoms with Crippen molar-refractivity contribution in [2.45, 2.75) is 32.1 Å². The van der Waals surface area contributed by atoms with Crippen molar-refractivity contribution in [1.29, 1.82) is 0 Å². The van der Waals surface area contributed by atoms with Gasteiger partial charge in [0.05, 0.1) is 28.4 Å². The SMILES string of the molecule is C=C/C(=C\C=C/C)S(=O)(=O)C1CCN(Cc2nc3cc(-c4cn[nH]c4C)sc3c(=O)[nH]2)C1. The van der Waals surface area contributed by atoms with Crippen LogP contribution in [0.5, 0.6) is 0 Å². The Hall–Kier alpha value is -2.82. The predicted molar refractivity (Wildman–Crippen MR) is 128 cm³/mol. The van der Waals surface area contributed by atoms with Gasteiger partial charge in [0.1, 0.15) is 10.5 Å². The number of hydrogen-bond donors (Lipinski definition) is 2. The Labute approximate surface area is 190 Å². The van der Waals surface area contributed by atoms with Gasteiger partial charge in [0.2, 0.25) is 0 Å². The quantitative estimate of drug-likeness (QED) is 0.511. The van der Waals surface area contributed by atoms with Gasteiger partial charge in [-0.15, -0.1) is 11.3 Å². The molecule has 1 unspecified atom stereocenters. The van der Waals surface area contributed by atoms with Crippen LogP contribution in [0, 0.1) is 6.92 Å². The highest BCUT2D eigenvalue weighted by molar-refractivity contribution is 7.96. The molecule has 1 atom stereocenters. The number of allylic oxidation sites excluding steroid dienone is 4. The molecule has 3 aromatic heterocycles. The zero-order valence-corrected chi connectivity index (χ0v) is 19.6. The maximum atomic E-state index is 13.0. The fourth-order valence-corrected chi connectivity index (χ4v) is 6.63. The third-order valence-corrected chi connectivity index (χ3v) is 8.93. The first kappa shape index (κ1) is 22.4. The summed E-state index contributed by atoms with van der Waals surface area (Å²) in [6, 6.07) is 1.90. The monoisotopic (exact) mass is 471 g/mol. The minimum Gasteiger partial charge on any atom is -0.308 e. The molecule has 0 aromatic carbocycles. The van der Waals surface area contributed by atoms with E-state index in [0.29, 0.717) is 42.1 Å². The normalized spacial score (nSPS) is 18.2. The first-order chi connectivity index (χ1) is 15.3. The fourth-order valence-electron chi connectivity index (χ4n) is 3.86. The van der Waals surface area contributed by atoms with E-state index in [9.17, 15) is 13.2 Å². The van der Waals surface area contributed by atoms with Crippen LogP contribution in [-0.2, 0) is 16.4 Å². The van der Waals surface area contributed by atoms with Crippen molar-refractivity contribution in [3.63, 3.8) is 0 Å². The lowest BCUT2D eigenvalue weighted by Gasteiger charge is -2.16. The van der Waals surface area contributed by atoms with Crippen molar-refractivity contribution in [2.24, 2.45) is 0 Å². The first-order valence-electron chi connectivity index (χ1n) is 10.3. The third-order valence-electron chi connectivity index (χ3n) is 5.55. The number of likely N-dealkylation sites (tertiary alicyclic amines) is 1. The van der Waals surface area contributed by atoms with Gasteiger partial charge in [-0.2, -0.15) is 5.10 Å². The summed E-state index contributed by atoms with van der Waals surface area (Å²) in [4.78, 5) is 23.3. The number of rotatable bonds is 7. The minimum atomic E-state index is -3.47. The minimum absolute atomic E-state index is 0.186. The second kappa shape index (κ2) is 8.97. The molecule has 1 saturated heterocycles. The van der Waals surface area contributed by atoms with Gasteiger partial charge in [0, 0.05) is 22.7 Å². The lowest BCUT2D eigenvalue weighted by Crippen LogP contribution is -2.28. The van der Waals surface area contributed by atoms with Gasteiger partial charge in [0.25, 0.3) is 5.56 Å². The van der Waals surface area contributed by atoms with Crippen LogP contribution in [0.3, 0.4) is 0 Å². The lowest BCUT2D eigenvalue weighted by atomic mass is 10.2. The Kier molecular flexibility index (Phi) is 6.27. The number of fused-ring (bicyclic) bond motifs is 1. The Morgan fingerprint density at radius 3 is 2.94 bits per heavy atom. The maximum Gasteiger partial charge on any atom is 0.268 e. The summed E-state index contributed by atoms with van der Waals surface area (Å²) >= 11 is 1.38. The van der Waals surface area contributed by atoms with Crippen LogP contribution in [0.25, 0.3) is 20.7 Å². The standard InChI is InChI=1S/C22H25N5O3S2/c1-4-6-7-15(5-2)32(29,30)16-8-9-27(12-16)13-20-24-18-10-19(17-11-23-26-14(17)3)31-21(18)22(28)25-20/h4-7,10-11,16H,2,8-9,12-13H2,1,3H3,(H,23,26)(H,24,25,28)/b6-4-,15-7+. The molecule has 168 valence electrons. The Morgan fingerprint density at radius 1 is 1.44 bits per heavy atom. The summed E-state index contributed by atoms with van der Waals surface area (Å²) in [6.07, 6.45) is 8.71. The Morgan fingerprint density at radius 2 is 2.25 bits per heavy atom. The van der Waals surface area contributed by atoms with Gasteiger partial charge in [-0.3, -0.25) is 14.8 Å². The van der Waals surface area contributed by atoms with Crippen LogP contribution in [0.1, 0.15) is 24.9 Å². The van der Waals surface area contributed by atoms with Crippen LogP contribution in [0.15, 0.2) is 52.8 Å². The number of sulfone groups is 1. The van der Waals surface area contributed by atoms with Crippen molar-refractivity contribution in [3.05, 3.63) is 69.9 Å². The van der Waals surface area contributed by atoms with Crippen molar-refractivity contribution in [3.8, 4) is 10.4 Å².